The Balaban J connectivity index is 1.49. The van der Waals surface area contributed by atoms with Crippen molar-refractivity contribution in [1.29, 1.82) is 0 Å². The van der Waals surface area contributed by atoms with Gasteiger partial charge >= 0.3 is 0 Å². The zero-order valence-electron chi connectivity index (χ0n) is 15.3. The van der Waals surface area contributed by atoms with E-state index in [1.165, 1.54) is 37.4 Å². The third-order valence-corrected chi connectivity index (χ3v) is 6.20. The number of carbonyl (C=O) groups is 1. The number of thioether (sulfide) groups is 1. The molecule has 1 saturated heterocycles. The monoisotopic (exact) mass is 374 g/mol. The smallest absolute Gasteiger partial charge is 0.235 e. The fourth-order valence-corrected chi connectivity index (χ4v) is 4.43. The summed E-state index contributed by atoms with van der Waals surface area (Å²) < 4.78 is 7.65. The third kappa shape index (κ3) is 3.98. The Hall–Kier alpha value is -1.76. The Kier molecular flexibility index (Phi) is 5.33. The second-order valence-electron chi connectivity index (χ2n) is 7.28. The highest BCUT2D eigenvalue weighted by Crippen LogP contribution is 2.40. The summed E-state index contributed by atoms with van der Waals surface area (Å²) in [6, 6.07) is 3.87. The lowest BCUT2D eigenvalue weighted by Gasteiger charge is -2.23. The van der Waals surface area contributed by atoms with Gasteiger partial charge in [-0.05, 0) is 44.7 Å². The van der Waals surface area contributed by atoms with Gasteiger partial charge in [0.2, 0.25) is 5.91 Å². The molecule has 2 aliphatic rings. The lowest BCUT2D eigenvalue weighted by Crippen LogP contribution is -2.37. The maximum atomic E-state index is 12.9. The summed E-state index contributed by atoms with van der Waals surface area (Å²) in [5.41, 5.74) is 0. The van der Waals surface area contributed by atoms with Gasteiger partial charge in [0.25, 0.3) is 0 Å². The van der Waals surface area contributed by atoms with Crippen LogP contribution in [0.4, 0.5) is 0 Å². The molecule has 1 unspecified atom stereocenters. The van der Waals surface area contributed by atoms with Crippen molar-refractivity contribution in [3.05, 3.63) is 30.0 Å². The number of furan rings is 1. The fraction of sp³-hybridized carbons (Fsp3) is 0.632. The largest absolute Gasteiger partial charge is 0.467 e. The number of carbonyl (C=O) groups excluding carboxylic acids is 1. The second kappa shape index (κ2) is 7.86. The zero-order valence-corrected chi connectivity index (χ0v) is 16.1. The molecule has 6 nitrogen and oxygen atoms in total. The Bertz CT molecular complexity index is 731. The predicted octanol–water partition coefficient (Wildman–Crippen LogP) is 3.68. The van der Waals surface area contributed by atoms with Crippen molar-refractivity contribution >= 4 is 17.7 Å². The zero-order chi connectivity index (χ0) is 17.9. The minimum absolute atomic E-state index is 0.153. The summed E-state index contributed by atoms with van der Waals surface area (Å²) in [6.07, 6.45) is 8.72. The molecule has 26 heavy (non-hydrogen) atoms. The van der Waals surface area contributed by atoms with Crippen LogP contribution in [0.3, 0.4) is 0 Å². The van der Waals surface area contributed by atoms with E-state index in [-0.39, 0.29) is 11.2 Å². The van der Waals surface area contributed by atoms with Gasteiger partial charge in [0.1, 0.15) is 11.6 Å². The molecule has 1 aliphatic carbocycles. The van der Waals surface area contributed by atoms with Crippen LogP contribution in [0.1, 0.15) is 63.0 Å². The van der Waals surface area contributed by atoms with E-state index in [1.54, 1.807) is 6.26 Å². The van der Waals surface area contributed by atoms with Crippen molar-refractivity contribution in [3.63, 3.8) is 0 Å². The van der Waals surface area contributed by atoms with Crippen LogP contribution in [0.25, 0.3) is 0 Å². The first-order chi connectivity index (χ1) is 12.7. The van der Waals surface area contributed by atoms with Crippen LogP contribution in [0, 0.1) is 0 Å². The number of rotatable bonds is 6. The molecular weight excluding hydrogens is 348 g/mol. The first-order valence-electron chi connectivity index (χ1n) is 9.63. The van der Waals surface area contributed by atoms with E-state index in [9.17, 15) is 4.79 Å². The Morgan fingerprint density at radius 1 is 1.27 bits per heavy atom. The third-order valence-electron chi connectivity index (χ3n) is 5.13. The Labute approximate surface area is 158 Å². The van der Waals surface area contributed by atoms with Crippen molar-refractivity contribution < 1.29 is 9.21 Å². The molecule has 1 aliphatic heterocycles. The van der Waals surface area contributed by atoms with Gasteiger partial charge in [0.15, 0.2) is 5.16 Å². The van der Waals surface area contributed by atoms with Crippen LogP contribution in [-0.4, -0.2) is 43.9 Å². The summed E-state index contributed by atoms with van der Waals surface area (Å²) in [7, 11) is 0. The molecule has 1 amide bonds. The summed E-state index contributed by atoms with van der Waals surface area (Å²) >= 11 is 1.52. The van der Waals surface area contributed by atoms with Gasteiger partial charge in [-0.15, -0.1) is 10.2 Å². The standard InChI is InChI=1S/C19H26N4O2S/c1-14(18(24)22-10-4-2-3-5-11-22)26-19-21-20-17(15-8-9-15)23(19)13-16-7-6-12-25-16/h6-7,12,14-15H,2-5,8-11,13H2,1H3. The molecule has 4 rings (SSSR count). The molecule has 1 saturated carbocycles. The van der Waals surface area contributed by atoms with Gasteiger partial charge in [-0.3, -0.25) is 9.36 Å². The van der Waals surface area contributed by atoms with Crippen LogP contribution in [-0.2, 0) is 11.3 Å². The Morgan fingerprint density at radius 3 is 2.69 bits per heavy atom. The number of hydrogen-bond donors (Lipinski definition) is 0. The molecule has 1 atom stereocenters. The molecular formula is C19H26N4O2S. The van der Waals surface area contributed by atoms with E-state index in [1.807, 2.05) is 24.0 Å². The molecule has 2 aromatic rings. The molecule has 0 spiro atoms. The number of hydrogen-bond acceptors (Lipinski definition) is 5. The first kappa shape index (κ1) is 17.6. The highest BCUT2D eigenvalue weighted by atomic mass is 32.2. The topological polar surface area (TPSA) is 64.2 Å². The summed E-state index contributed by atoms with van der Waals surface area (Å²) in [5.74, 6) is 2.64. The summed E-state index contributed by atoms with van der Waals surface area (Å²) in [4.78, 5) is 14.9. The van der Waals surface area contributed by atoms with Gasteiger partial charge in [0.05, 0.1) is 18.1 Å². The maximum Gasteiger partial charge on any atom is 0.235 e. The average Bonchev–Trinajstić information content (AvgIpc) is 3.32. The Morgan fingerprint density at radius 2 is 2.04 bits per heavy atom. The molecule has 7 heteroatoms. The fourth-order valence-electron chi connectivity index (χ4n) is 3.49. The molecule has 0 radical (unpaired) electrons. The molecule has 140 valence electrons. The number of aromatic nitrogens is 3. The van der Waals surface area contributed by atoms with Gasteiger partial charge in [-0.25, -0.2) is 0 Å². The number of nitrogens with zero attached hydrogens (tertiary/aromatic N) is 4. The molecule has 0 aromatic carbocycles. The number of likely N-dealkylation sites (tertiary alicyclic amines) is 1. The van der Waals surface area contributed by atoms with E-state index < -0.39 is 0 Å². The van der Waals surface area contributed by atoms with Gasteiger partial charge in [-0.2, -0.15) is 0 Å². The van der Waals surface area contributed by atoms with Crippen LogP contribution in [0.2, 0.25) is 0 Å². The first-order valence-corrected chi connectivity index (χ1v) is 10.5. The van der Waals surface area contributed by atoms with Gasteiger partial charge in [0, 0.05) is 19.0 Å². The number of amides is 1. The molecule has 0 bridgehead atoms. The van der Waals surface area contributed by atoms with E-state index in [2.05, 4.69) is 14.8 Å². The lowest BCUT2D eigenvalue weighted by molar-refractivity contribution is -0.130. The van der Waals surface area contributed by atoms with Gasteiger partial charge < -0.3 is 9.32 Å². The van der Waals surface area contributed by atoms with E-state index >= 15 is 0 Å². The molecule has 2 fully saturated rings. The van der Waals surface area contributed by atoms with Crippen LogP contribution >= 0.6 is 11.8 Å². The molecule has 2 aromatic heterocycles. The van der Waals surface area contributed by atoms with Crippen LogP contribution in [0.15, 0.2) is 28.0 Å². The van der Waals surface area contributed by atoms with Crippen molar-refractivity contribution in [1.82, 2.24) is 19.7 Å². The molecule has 3 heterocycles. The van der Waals surface area contributed by atoms with E-state index in [0.717, 1.165) is 42.7 Å². The average molecular weight is 375 g/mol. The SMILES string of the molecule is CC(Sc1nnc(C2CC2)n1Cc1ccco1)C(=O)N1CCCCCC1. The van der Waals surface area contributed by atoms with Gasteiger partial charge in [-0.1, -0.05) is 24.6 Å². The summed E-state index contributed by atoms with van der Waals surface area (Å²) in [6.45, 7) is 4.38. The normalized spacial score (nSPS) is 19.3. The van der Waals surface area contributed by atoms with Crippen molar-refractivity contribution in [2.24, 2.45) is 0 Å². The van der Waals surface area contributed by atoms with E-state index in [0.29, 0.717) is 12.5 Å². The van der Waals surface area contributed by atoms with Crippen molar-refractivity contribution in [2.45, 2.75) is 68.3 Å². The second-order valence-corrected chi connectivity index (χ2v) is 8.59. The lowest BCUT2D eigenvalue weighted by atomic mass is 10.2. The predicted molar refractivity (Wildman–Crippen MR) is 100 cm³/mol. The van der Waals surface area contributed by atoms with E-state index in [4.69, 9.17) is 4.42 Å². The van der Waals surface area contributed by atoms with Crippen LogP contribution < -0.4 is 0 Å². The van der Waals surface area contributed by atoms with Crippen molar-refractivity contribution in [3.8, 4) is 0 Å². The van der Waals surface area contributed by atoms with Crippen molar-refractivity contribution in [2.75, 3.05) is 13.1 Å². The highest BCUT2D eigenvalue weighted by molar-refractivity contribution is 8.00. The maximum absolute atomic E-state index is 12.9. The minimum atomic E-state index is -0.153. The minimum Gasteiger partial charge on any atom is -0.467 e. The summed E-state index contributed by atoms with van der Waals surface area (Å²) in [5, 5.41) is 9.50. The molecule has 0 N–H and O–H groups in total. The van der Waals surface area contributed by atoms with Crippen LogP contribution in [0.5, 0.6) is 0 Å². The quantitative estimate of drug-likeness (QED) is 0.722. The highest BCUT2D eigenvalue weighted by Gasteiger charge is 2.32.